The number of thiophene rings is 1. The van der Waals surface area contributed by atoms with E-state index in [0.717, 1.165) is 11.8 Å². The Kier molecular flexibility index (Phi) is 4.62. The molecule has 0 bridgehead atoms. The van der Waals surface area contributed by atoms with Crippen LogP contribution in [0.15, 0.2) is 22.7 Å². The van der Waals surface area contributed by atoms with Gasteiger partial charge in [0.1, 0.15) is 22.7 Å². The number of hydrogen-bond acceptors (Lipinski definition) is 8. The van der Waals surface area contributed by atoms with E-state index in [4.69, 9.17) is 16.7 Å². The van der Waals surface area contributed by atoms with Crippen LogP contribution in [0.3, 0.4) is 0 Å². The van der Waals surface area contributed by atoms with Gasteiger partial charge in [-0.25, -0.2) is 9.97 Å². The van der Waals surface area contributed by atoms with Crippen LogP contribution < -0.4 is 16.8 Å². The number of amides is 1. The number of nitriles is 1. The van der Waals surface area contributed by atoms with Gasteiger partial charge in [-0.05, 0) is 18.4 Å². The molecule has 7 nitrogen and oxygen atoms in total. The van der Waals surface area contributed by atoms with Crippen LogP contribution in [0.1, 0.15) is 12.5 Å². The molecule has 9 heteroatoms. The molecule has 5 N–H and O–H groups in total. The maximum Gasteiger partial charge on any atom is 0.238 e. The number of nitrogens with zero attached hydrogens (tertiary/aromatic N) is 3. The van der Waals surface area contributed by atoms with Crippen molar-refractivity contribution in [2.75, 3.05) is 16.8 Å². The molecule has 1 amide bonds. The Hall–Kier alpha value is -2.31. The van der Waals surface area contributed by atoms with Gasteiger partial charge in [0.15, 0.2) is 5.16 Å². The van der Waals surface area contributed by atoms with Crippen molar-refractivity contribution >= 4 is 45.6 Å². The standard InChI is InChI=1S/C12H12N6OS2/c1-6(21-12-16-8(14)4-9(15)17-12)10(19)18-11-7(5-13)2-3-20-11/h2-4,6H,1H3,(H,18,19)(H4,14,15,16,17). The summed E-state index contributed by atoms with van der Waals surface area (Å²) in [7, 11) is 0. The van der Waals surface area contributed by atoms with Gasteiger partial charge in [-0.3, -0.25) is 4.79 Å². The molecule has 1 unspecified atom stereocenters. The molecule has 0 aliphatic heterocycles. The van der Waals surface area contributed by atoms with Crippen LogP contribution in [0.25, 0.3) is 0 Å². The summed E-state index contributed by atoms with van der Waals surface area (Å²) in [6, 6.07) is 5.11. The van der Waals surface area contributed by atoms with Gasteiger partial charge < -0.3 is 16.8 Å². The topological polar surface area (TPSA) is 131 Å². The highest BCUT2D eigenvalue weighted by Gasteiger charge is 2.18. The lowest BCUT2D eigenvalue weighted by Gasteiger charge is -2.10. The molecule has 0 aromatic carbocycles. The highest BCUT2D eigenvalue weighted by atomic mass is 32.2. The van der Waals surface area contributed by atoms with Crippen LogP contribution in [-0.4, -0.2) is 21.1 Å². The normalized spacial score (nSPS) is 11.6. The predicted octanol–water partition coefficient (Wildman–Crippen LogP) is 1.69. The number of nitrogens with two attached hydrogens (primary N) is 2. The minimum absolute atomic E-state index is 0.247. The maximum atomic E-state index is 12.1. The van der Waals surface area contributed by atoms with Crippen molar-refractivity contribution in [1.82, 2.24) is 9.97 Å². The highest BCUT2D eigenvalue weighted by molar-refractivity contribution is 8.00. The number of rotatable bonds is 4. The van der Waals surface area contributed by atoms with E-state index in [1.54, 1.807) is 18.4 Å². The second-order valence-electron chi connectivity index (χ2n) is 4.02. The van der Waals surface area contributed by atoms with Gasteiger partial charge in [-0.1, -0.05) is 11.8 Å². The molecule has 2 heterocycles. The Morgan fingerprint density at radius 3 is 2.76 bits per heavy atom. The first-order valence-electron chi connectivity index (χ1n) is 5.84. The molecule has 0 spiro atoms. The van der Waals surface area contributed by atoms with E-state index in [0.29, 0.717) is 15.7 Å². The number of aromatic nitrogens is 2. The summed E-state index contributed by atoms with van der Waals surface area (Å²) in [5.74, 6) is 0.258. The molecule has 0 aliphatic carbocycles. The third-order valence-corrected chi connectivity index (χ3v) is 4.21. The molecular weight excluding hydrogens is 308 g/mol. The van der Waals surface area contributed by atoms with Crippen LogP contribution in [0.4, 0.5) is 16.6 Å². The van der Waals surface area contributed by atoms with Crippen LogP contribution in [-0.2, 0) is 4.79 Å². The van der Waals surface area contributed by atoms with Crippen LogP contribution in [0.2, 0.25) is 0 Å². The van der Waals surface area contributed by atoms with Crippen molar-refractivity contribution in [2.24, 2.45) is 0 Å². The smallest absolute Gasteiger partial charge is 0.238 e. The Labute approximate surface area is 129 Å². The Morgan fingerprint density at radius 2 is 2.14 bits per heavy atom. The molecule has 0 radical (unpaired) electrons. The third kappa shape index (κ3) is 3.84. The van der Waals surface area contributed by atoms with Crippen LogP contribution in [0, 0.1) is 11.3 Å². The fourth-order valence-corrected chi connectivity index (χ4v) is 2.97. The summed E-state index contributed by atoms with van der Waals surface area (Å²) in [5, 5.41) is 13.8. The third-order valence-electron chi connectivity index (χ3n) is 2.42. The van der Waals surface area contributed by atoms with E-state index in [9.17, 15) is 4.79 Å². The highest BCUT2D eigenvalue weighted by Crippen LogP contribution is 2.26. The lowest BCUT2D eigenvalue weighted by Crippen LogP contribution is -2.22. The molecule has 0 fully saturated rings. The molecule has 21 heavy (non-hydrogen) atoms. The molecule has 2 rings (SSSR count). The minimum atomic E-state index is -0.458. The van der Waals surface area contributed by atoms with Gasteiger partial charge in [0.05, 0.1) is 10.8 Å². The van der Waals surface area contributed by atoms with Gasteiger partial charge in [0, 0.05) is 6.07 Å². The fourth-order valence-electron chi connectivity index (χ4n) is 1.43. The zero-order valence-electron chi connectivity index (χ0n) is 11.0. The Morgan fingerprint density at radius 1 is 1.48 bits per heavy atom. The second kappa shape index (κ2) is 6.43. The number of carbonyl (C=O) groups is 1. The van der Waals surface area contributed by atoms with E-state index < -0.39 is 5.25 Å². The van der Waals surface area contributed by atoms with Gasteiger partial charge in [-0.15, -0.1) is 11.3 Å². The molecule has 1 atom stereocenters. The number of thioether (sulfide) groups is 1. The van der Waals surface area contributed by atoms with Crippen LogP contribution >= 0.6 is 23.1 Å². The first-order chi connectivity index (χ1) is 9.99. The quantitative estimate of drug-likeness (QED) is 0.577. The number of carbonyl (C=O) groups excluding carboxylic acids is 1. The molecule has 2 aromatic rings. The van der Waals surface area contributed by atoms with Crippen molar-refractivity contribution in [2.45, 2.75) is 17.3 Å². The van der Waals surface area contributed by atoms with Gasteiger partial charge in [-0.2, -0.15) is 5.26 Å². The van der Waals surface area contributed by atoms with E-state index in [1.807, 2.05) is 6.07 Å². The summed E-state index contributed by atoms with van der Waals surface area (Å²) < 4.78 is 0. The molecular formula is C12H12N6OS2. The lowest BCUT2D eigenvalue weighted by atomic mass is 10.3. The molecule has 0 aliphatic rings. The first-order valence-corrected chi connectivity index (χ1v) is 7.60. The maximum absolute atomic E-state index is 12.1. The first kappa shape index (κ1) is 15.1. The van der Waals surface area contributed by atoms with Gasteiger partial charge in [0.25, 0.3) is 0 Å². The zero-order valence-corrected chi connectivity index (χ0v) is 12.7. The van der Waals surface area contributed by atoms with Crippen molar-refractivity contribution in [1.29, 1.82) is 5.26 Å². The van der Waals surface area contributed by atoms with Crippen molar-refractivity contribution in [3.63, 3.8) is 0 Å². The number of nitrogens with one attached hydrogen (secondary N) is 1. The number of nitrogen functional groups attached to an aromatic ring is 2. The van der Waals surface area contributed by atoms with Crippen LogP contribution in [0.5, 0.6) is 0 Å². The average Bonchev–Trinajstić information content (AvgIpc) is 2.84. The monoisotopic (exact) mass is 320 g/mol. The second-order valence-corrected chi connectivity index (χ2v) is 6.25. The largest absolute Gasteiger partial charge is 0.383 e. The molecule has 108 valence electrons. The number of hydrogen-bond donors (Lipinski definition) is 3. The summed E-state index contributed by atoms with van der Waals surface area (Å²) in [4.78, 5) is 20.1. The molecule has 0 saturated carbocycles. The average molecular weight is 320 g/mol. The lowest BCUT2D eigenvalue weighted by molar-refractivity contribution is -0.115. The summed E-state index contributed by atoms with van der Waals surface area (Å²) in [6.45, 7) is 1.71. The van der Waals surface area contributed by atoms with Crippen molar-refractivity contribution in [3.05, 3.63) is 23.1 Å². The summed E-state index contributed by atoms with van der Waals surface area (Å²) in [5.41, 5.74) is 11.6. The zero-order chi connectivity index (χ0) is 15.4. The van der Waals surface area contributed by atoms with Gasteiger partial charge in [0.2, 0.25) is 5.91 Å². The fraction of sp³-hybridized carbons (Fsp3) is 0.167. The Balaban J connectivity index is 2.04. The van der Waals surface area contributed by atoms with E-state index in [-0.39, 0.29) is 17.5 Å². The van der Waals surface area contributed by atoms with Crippen molar-refractivity contribution < 1.29 is 4.79 Å². The molecule has 0 saturated heterocycles. The minimum Gasteiger partial charge on any atom is -0.383 e. The van der Waals surface area contributed by atoms with E-state index in [1.165, 1.54) is 17.4 Å². The van der Waals surface area contributed by atoms with Crippen molar-refractivity contribution in [3.8, 4) is 6.07 Å². The summed E-state index contributed by atoms with van der Waals surface area (Å²) >= 11 is 2.44. The van der Waals surface area contributed by atoms with E-state index in [2.05, 4.69) is 15.3 Å². The van der Waals surface area contributed by atoms with Gasteiger partial charge >= 0.3 is 0 Å². The molecule has 2 aromatic heterocycles. The number of anilines is 3. The predicted molar refractivity (Wildman–Crippen MR) is 83.8 cm³/mol. The Bertz CT molecular complexity index is 688. The summed E-state index contributed by atoms with van der Waals surface area (Å²) in [6.07, 6.45) is 0. The SMILES string of the molecule is CC(Sc1nc(N)cc(N)n1)C(=O)Nc1sccc1C#N. The van der Waals surface area contributed by atoms with E-state index >= 15 is 0 Å².